The lowest BCUT2D eigenvalue weighted by Crippen LogP contribution is -2.47. The highest BCUT2D eigenvalue weighted by atomic mass is 16.5. The van der Waals surface area contributed by atoms with Crippen molar-refractivity contribution in [2.75, 3.05) is 13.2 Å². The molecular formula is C20H21N5O4. The minimum atomic E-state index is -0.716. The predicted octanol–water partition coefficient (Wildman–Crippen LogP) is 2.02. The number of hydrogen-bond acceptors (Lipinski definition) is 6. The second kappa shape index (κ2) is 8.93. The van der Waals surface area contributed by atoms with Gasteiger partial charge in [-0.05, 0) is 32.0 Å². The fourth-order valence-electron chi connectivity index (χ4n) is 2.94. The highest BCUT2D eigenvalue weighted by Crippen LogP contribution is 2.28. The molecule has 9 heteroatoms. The van der Waals surface area contributed by atoms with Crippen LogP contribution >= 0.6 is 0 Å². The largest absolute Gasteiger partial charge is 0.487 e. The zero-order valence-electron chi connectivity index (χ0n) is 16.1. The van der Waals surface area contributed by atoms with E-state index in [1.165, 1.54) is 0 Å². The maximum atomic E-state index is 12.7. The van der Waals surface area contributed by atoms with Crippen LogP contribution in [0.5, 0.6) is 5.75 Å². The van der Waals surface area contributed by atoms with Crippen LogP contribution in [0.3, 0.4) is 0 Å². The normalized spacial score (nSPS) is 15.9. The monoisotopic (exact) mass is 395 g/mol. The Balaban J connectivity index is 1.95. The Morgan fingerprint density at radius 3 is 2.90 bits per heavy atom. The van der Waals surface area contributed by atoms with Crippen LogP contribution in [-0.4, -0.2) is 35.0 Å². The fourth-order valence-corrected chi connectivity index (χ4v) is 2.94. The van der Waals surface area contributed by atoms with E-state index in [1.807, 2.05) is 13.0 Å². The molecule has 1 aromatic carbocycles. The number of nitriles is 1. The Hall–Kier alpha value is -3.80. The molecule has 0 aliphatic carbocycles. The molecule has 0 unspecified atom stereocenters. The molecule has 2 aromatic rings. The van der Waals surface area contributed by atoms with Gasteiger partial charge >= 0.3 is 12.0 Å². The molecular weight excluding hydrogens is 374 g/mol. The van der Waals surface area contributed by atoms with Crippen molar-refractivity contribution in [3.05, 3.63) is 59.1 Å². The van der Waals surface area contributed by atoms with Crippen molar-refractivity contribution in [1.82, 2.24) is 20.4 Å². The molecule has 1 aromatic heterocycles. The summed E-state index contributed by atoms with van der Waals surface area (Å²) < 4.78 is 12.6. The van der Waals surface area contributed by atoms with E-state index >= 15 is 0 Å². The van der Waals surface area contributed by atoms with Crippen molar-refractivity contribution in [2.24, 2.45) is 0 Å². The van der Waals surface area contributed by atoms with Crippen molar-refractivity contribution in [3.8, 4) is 11.8 Å². The number of ether oxygens (including phenoxy) is 2. The van der Waals surface area contributed by atoms with Gasteiger partial charge < -0.3 is 20.1 Å². The Morgan fingerprint density at radius 2 is 2.21 bits per heavy atom. The highest BCUT2D eigenvalue weighted by Gasteiger charge is 2.34. The maximum absolute atomic E-state index is 12.7. The van der Waals surface area contributed by atoms with E-state index in [-0.39, 0.29) is 18.8 Å². The molecule has 0 radical (unpaired) electrons. The number of benzene rings is 1. The molecule has 0 saturated heterocycles. The maximum Gasteiger partial charge on any atom is 0.338 e. The molecule has 1 aliphatic rings. The van der Waals surface area contributed by atoms with Gasteiger partial charge in [-0.3, -0.25) is 4.68 Å². The SMILES string of the molecule is CCOC(=O)C1=C(COc2cccc(C#N)c2)NC(=O)N[C@@H]1c1cnn(CC)c1. The van der Waals surface area contributed by atoms with Crippen LogP contribution in [0.25, 0.3) is 0 Å². The van der Waals surface area contributed by atoms with Gasteiger partial charge in [0.1, 0.15) is 12.4 Å². The lowest BCUT2D eigenvalue weighted by Gasteiger charge is -2.28. The first-order valence-corrected chi connectivity index (χ1v) is 9.18. The van der Waals surface area contributed by atoms with Gasteiger partial charge in [-0.2, -0.15) is 10.4 Å². The van der Waals surface area contributed by atoms with Crippen LogP contribution in [0.2, 0.25) is 0 Å². The van der Waals surface area contributed by atoms with Crippen LogP contribution in [0.1, 0.15) is 31.0 Å². The number of carbonyl (C=O) groups is 2. The van der Waals surface area contributed by atoms with E-state index in [1.54, 1.807) is 48.3 Å². The quantitative estimate of drug-likeness (QED) is 0.693. The first kappa shape index (κ1) is 19.9. The molecule has 0 fully saturated rings. The first-order valence-electron chi connectivity index (χ1n) is 9.18. The van der Waals surface area contributed by atoms with Gasteiger partial charge in [-0.1, -0.05) is 6.07 Å². The third-order valence-electron chi connectivity index (χ3n) is 4.31. The number of amides is 2. The second-order valence-electron chi connectivity index (χ2n) is 6.20. The number of rotatable bonds is 7. The first-order chi connectivity index (χ1) is 14.0. The molecule has 0 saturated carbocycles. The standard InChI is InChI=1S/C20H21N5O4/c1-3-25-11-14(10-22-25)18-17(19(26)28-4-2)16(23-20(27)24-18)12-29-15-7-5-6-13(8-15)9-21/h5-8,10-11,18H,3-4,12H2,1-2H3,(H2,23,24,27)/t18-/m1/s1. The molecule has 2 N–H and O–H groups in total. The van der Waals surface area contributed by atoms with Crippen LogP contribution in [-0.2, 0) is 16.1 Å². The van der Waals surface area contributed by atoms with Crippen LogP contribution < -0.4 is 15.4 Å². The van der Waals surface area contributed by atoms with Crippen molar-refractivity contribution in [2.45, 2.75) is 26.4 Å². The Kier molecular flexibility index (Phi) is 6.14. The molecule has 0 bridgehead atoms. The van der Waals surface area contributed by atoms with Crippen molar-refractivity contribution >= 4 is 12.0 Å². The Morgan fingerprint density at radius 1 is 1.38 bits per heavy atom. The Labute approximate surface area is 167 Å². The number of nitrogens with zero attached hydrogens (tertiary/aromatic N) is 3. The molecule has 2 heterocycles. The summed E-state index contributed by atoms with van der Waals surface area (Å²) in [5.74, 6) is -0.110. The fraction of sp³-hybridized carbons (Fsp3) is 0.300. The van der Waals surface area contributed by atoms with E-state index in [2.05, 4.69) is 15.7 Å². The number of aromatic nitrogens is 2. The predicted molar refractivity (Wildman–Crippen MR) is 103 cm³/mol. The number of aryl methyl sites for hydroxylation is 1. The van der Waals surface area contributed by atoms with Crippen molar-refractivity contribution in [3.63, 3.8) is 0 Å². The molecule has 1 aliphatic heterocycles. The Bertz CT molecular complexity index is 989. The van der Waals surface area contributed by atoms with Gasteiger partial charge in [-0.15, -0.1) is 0 Å². The molecule has 9 nitrogen and oxygen atoms in total. The highest BCUT2D eigenvalue weighted by molar-refractivity contribution is 5.95. The van der Waals surface area contributed by atoms with Gasteiger partial charge in [0, 0.05) is 18.3 Å². The van der Waals surface area contributed by atoms with Crippen LogP contribution in [0, 0.1) is 11.3 Å². The lowest BCUT2D eigenvalue weighted by atomic mass is 9.98. The van der Waals surface area contributed by atoms with Crippen LogP contribution in [0.4, 0.5) is 4.79 Å². The van der Waals surface area contributed by atoms with Gasteiger partial charge in [0.25, 0.3) is 0 Å². The number of esters is 1. The van der Waals surface area contributed by atoms with E-state index in [9.17, 15) is 9.59 Å². The number of nitrogens with one attached hydrogen (secondary N) is 2. The third-order valence-corrected chi connectivity index (χ3v) is 4.31. The summed E-state index contributed by atoms with van der Waals surface area (Å²) in [4.78, 5) is 24.9. The molecule has 29 heavy (non-hydrogen) atoms. The zero-order chi connectivity index (χ0) is 20.8. The van der Waals surface area contributed by atoms with E-state index in [0.717, 1.165) is 0 Å². The second-order valence-corrected chi connectivity index (χ2v) is 6.20. The lowest BCUT2D eigenvalue weighted by molar-refractivity contribution is -0.139. The smallest absolute Gasteiger partial charge is 0.338 e. The molecule has 0 spiro atoms. The number of hydrogen-bond donors (Lipinski definition) is 2. The summed E-state index contributed by atoms with van der Waals surface area (Å²) >= 11 is 0. The molecule has 2 amide bonds. The van der Waals surface area contributed by atoms with Crippen molar-refractivity contribution < 1.29 is 19.1 Å². The zero-order valence-corrected chi connectivity index (χ0v) is 16.1. The topological polar surface area (TPSA) is 118 Å². The number of urea groups is 1. The molecule has 3 rings (SSSR count). The summed E-state index contributed by atoms with van der Waals surface area (Å²) in [5, 5.41) is 18.6. The van der Waals surface area contributed by atoms with Gasteiger partial charge in [0.2, 0.25) is 0 Å². The van der Waals surface area contributed by atoms with E-state index < -0.39 is 18.0 Å². The third kappa shape index (κ3) is 4.55. The summed E-state index contributed by atoms with van der Waals surface area (Å²) in [7, 11) is 0. The minimum absolute atomic E-state index is 0.0745. The minimum Gasteiger partial charge on any atom is -0.487 e. The molecule has 1 atom stereocenters. The van der Waals surface area contributed by atoms with E-state index in [0.29, 0.717) is 29.1 Å². The van der Waals surface area contributed by atoms with Gasteiger partial charge in [-0.25, -0.2) is 9.59 Å². The van der Waals surface area contributed by atoms with Crippen molar-refractivity contribution in [1.29, 1.82) is 5.26 Å². The average Bonchev–Trinajstić information content (AvgIpc) is 3.21. The number of carbonyl (C=O) groups excluding carboxylic acids is 2. The summed E-state index contributed by atoms with van der Waals surface area (Å²) in [6.07, 6.45) is 3.37. The average molecular weight is 395 g/mol. The summed E-state index contributed by atoms with van der Waals surface area (Å²) in [6, 6.07) is 7.48. The summed E-state index contributed by atoms with van der Waals surface area (Å²) in [6.45, 7) is 4.42. The van der Waals surface area contributed by atoms with E-state index in [4.69, 9.17) is 14.7 Å². The van der Waals surface area contributed by atoms with Gasteiger partial charge in [0.05, 0.1) is 41.7 Å². The van der Waals surface area contributed by atoms with Gasteiger partial charge in [0.15, 0.2) is 0 Å². The van der Waals surface area contributed by atoms with Crippen LogP contribution in [0.15, 0.2) is 47.9 Å². The summed E-state index contributed by atoms with van der Waals surface area (Å²) in [5.41, 5.74) is 1.65. The molecule has 150 valence electrons.